The minimum Gasteiger partial charge on any atom is -0.282 e. The molecule has 0 aliphatic heterocycles. The Labute approximate surface area is 128 Å². The highest BCUT2D eigenvalue weighted by Crippen LogP contribution is 2.37. The van der Waals surface area contributed by atoms with Crippen molar-refractivity contribution >= 4 is 16.9 Å². The molecule has 0 aliphatic rings. The first-order valence-electron chi connectivity index (χ1n) is 6.37. The van der Waals surface area contributed by atoms with E-state index in [4.69, 9.17) is 0 Å². The number of thioether (sulfide) groups is 1. The molecule has 124 valence electrons. The van der Waals surface area contributed by atoms with Crippen molar-refractivity contribution in [3.05, 3.63) is 35.9 Å². The van der Waals surface area contributed by atoms with Gasteiger partial charge in [-0.1, -0.05) is 42.1 Å². The van der Waals surface area contributed by atoms with Crippen LogP contribution in [0, 0.1) is 0 Å². The molecule has 0 N–H and O–H groups in total. The third kappa shape index (κ3) is 7.20. The molecule has 0 heterocycles. The highest BCUT2D eigenvalue weighted by molar-refractivity contribution is 8.14. The number of carbonyl (C=O) groups excluding carboxylic acids is 1. The summed E-state index contributed by atoms with van der Waals surface area (Å²) in [5.41, 5.74) is 0.318. The average molecular weight is 344 g/mol. The van der Waals surface area contributed by atoms with Crippen molar-refractivity contribution in [1.82, 2.24) is 0 Å². The molecule has 0 radical (unpaired) electrons. The molecule has 1 nitrogen and oxygen atoms in total. The van der Waals surface area contributed by atoms with E-state index in [1.807, 2.05) is 0 Å². The molecule has 0 fully saturated rings. The lowest BCUT2D eigenvalue weighted by Gasteiger charge is -2.22. The van der Waals surface area contributed by atoms with Crippen LogP contribution in [0.2, 0.25) is 0 Å². The first-order valence-corrected chi connectivity index (χ1v) is 7.36. The summed E-state index contributed by atoms with van der Waals surface area (Å²) in [5.74, 6) is -8.31. The number of hydrogen-bond donors (Lipinski definition) is 0. The minimum atomic E-state index is -4.13. The van der Waals surface area contributed by atoms with Gasteiger partial charge >= 0.3 is 0 Å². The van der Waals surface area contributed by atoms with Gasteiger partial charge in [-0.05, 0) is 0 Å². The summed E-state index contributed by atoms with van der Waals surface area (Å²) < 4.78 is 76.5. The molecular formula is C14H14F6OS. The monoisotopic (exact) mass is 344 g/mol. The third-order valence-corrected chi connectivity index (χ3v) is 3.59. The third-order valence-electron chi connectivity index (χ3n) is 2.68. The minimum absolute atomic E-state index is 0.318. The number of halogens is 6. The summed E-state index contributed by atoms with van der Waals surface area (Å²) in [6, 6.07) is 7.90. The van der Waals surface area contributed by atoms with Crippen LogP contribution in [-0.2, 0) is 0 Å². The molecule has 0 saturated heterocycles. The molecule has 0 aliphatic carbocycles. The Morgan fingerprint density at radius 3 is 2.18 bits per heavy atom. The molecule has 0 aromatic heterocycles. The molecule has 1 aromatic rings. The van der Waals surface area contributed by atoms with Gasteiger partial charge in [-0.25, -0.2) is 26.3 Å². The van der Waals surface area contributed by atoms with E-state index < -0.39 is 42.6 Å². The first kappa shape index (κ1) is 18.9. The zero-order valence-electron chi connectivity index (χ0n) is 11.4. The lowest BCUT2D eigenvalue weighted by atomic mass is 10.1. The number of alkyl halides is 6. The molecule has 1 rings (SSSR count). The van der Waals surface area contributed by atoms with Crippen LogP contribution >= 0.6 is 11.8 Å². The van der Waals surface area contributed by atoms with Crippen molar-refractivity contribution < 1.29 is 31.1 Å². The summed E-state index contributed by atoms with van der Waals surface area (Å²) >= 11 is 0.584. The van der Waals surface area contributed by atoms with E-state index in [1.54, 1.807) is 18.2 Å². The van der Waals surface area contributed by atoms with Gasteiger partial charge in [-0.15, -0.1) is 0 Å². The fourth-order valence-corrected chi connectivity index (χ4v) is 2.60. The second-order valence-electron chi connectivity index (χ2n) is 4.74. The summed E-state index contributed by atoms with van der Waals surface area (Å²) in [4.78, 5) is 11.6. The van der Waals surface area contributed by atoms with E-state index >= 15 is 0 Å². The normalized spacial score (nSPS) is 12.7. The smallest absolute Gasteiger partial charge is 0.259 e. The molecule has 22 heavy (non-hydrogen) atoms. The number of carbonyl (C=O) groups is 1. The number of rotatable bonds is 8. The van der Waals surface area contributed by atoms with Gasteiger partial charge in [0.15, 0.2) is 0 Å². The Bertz CT molecular complexity index is 477. The van der Waals surface area contributed by atoms with E-state index in [9.17, 15) is 31.1 Å². The summed E-state index contributed by atoms with van der Waals surface area (Å²) in [6.45, 7) is 0. The van der Waals surface area contributed by atoms with Crippen LogP contribution in [0.4, 0.5) is 26.3 Å². The SMILES string of the molecule is O=C(SCCC(F)(F)CC(F)(F)CC(F)F)c1ccccc1. The van der Waals surface area contributed by atoms with Gasteiger partial charge in [-0.2, -0.15) is 0 Å². The molecule has 0 bridgehead atoms. The molecule has 0 atom stereocenters. The van der Waals surface area contributed by atoms with Crippen LogP contribution < -0.4 is 0 Å². The van der Waals surface area contributed by atoms with Crippen LogP contribution in [0.1, 0.15) is 29.6 Å². The van der Waals surface area contributed by atoms with Gasteiger partial charge in [0.05, 0.1) is 12.8 Å². The van der Waals surface area contributed by atoms with Gasteiger partial charge in [0.25, 0.3) is 11.8 Å². The van der Waals surface area contributed by atoms with E-state index in [0.717, 1.165) is 0 Å². The van der Waals surface area contributed by atoms with Gasteiger partial charge in [0, 0.05) is 17.7 Å². The van der Waals surface area contributed by atoms with E-state index in [0.29, 0.717) is 17.3 Å². The van der Waals surface area contributed by atoms with Crippen molar-refractivity contribution in [1.29, 1.82) is 0 Å². The molecule has 0 unspecified atom stereocenters. The van der Waals surface area contributed by atoms with Gasteiger partial charge in [-0.3, -0.25) is 4.79 Å². The predicted molar refractivity (Wildman–Crippen MR) is 73.0 cm³/mol. The highest BCUT2D eigenvalue weighted by Gasteiger charge is 2.44. The van der Waals surface area contributed by atoms with Crippen LogP contribution in [0.25, 0.3) is 0 Å². The molecule has 1 aromatic carbocycles. The summed E-state index contributed by atoms with van der Waals surface area (Å²) in [5, 5.41) is -0.448. The fourth-order valence-electron chi connectivity index (χ4n) is 1.72. The average Bonchev–Trinajstić information content (AvgIpc) is 2.36. The predicted octanol–water partition coefficient (Wildman–Crippen LogP) is 5.27. The Morgan fingerprint density at radius 2 is 1.64 bits per heavy atom. The second kappa shape index (κ2) is 7.89. The van der Waals surface area contributed by atoms with E-state index in [-0.39, 0.29) is 5.75 Å². The maximum absolute atomic E-state index is 13.4. The highest BCUT2D eigenvalue weighted by atomic mass is 32.2. The Balaban J connectivity index is 2.44. The summed E-state index contributed by atoms with van der Waals surface area (Å²) in [7, 11) is 0. The van der Waals surface area contributed by atoms with Crippen molar-refractivity contribution in [3.63, 3.8) is 0 Å². The zero-order valence-corrected chi connectivity index (χ0v) is 12.2. The number of hydrogen-bond acceptors (Lipinski definition) is 2. The molecule has 0 amide bonds. The Hall–Kier alpha value is -1.18. The molecule has 0 spiro atoms. The molecular weight excluding hydrogens is 330 g/mol. The topological polar surface area (TPSA) is 17.1 Å². The second-order valence-corrected chi connectivity index (χ2v) is 5.80. The summed E-state index contributed by atoms with van der Waals surface area (Å²) in [6.07, 6.45) is -8.15. The van der Waals surface area contributed by atoms with Gasteiger partial charge in [0.2, 0.25) is 11.5 Å². The van der Waals surface area contributed by atoms with Gasteiger partial charge < -0.3 is 0 Å². The zero-order chi connectivity index (χ0) is 16.8. The van der Waals surface area contributed by atoms with Crippen molar-refractivity contribution in [2.45, 2.75) is 37.5 Å². The quantitative estimate of drug-likeness (QED) is 0.598. The largest absolute Gasteiger partial charge is 0.282 e. The first-order chi connectivity index (χ1) is 10.1. The lowest BCUT2D eigenvalue weighted by molar-refractivity contribution is -0.131. The van der Waals surface area contributed by atoms with Crippen LogP contribution in [-0.4, -0.2) is 29.1 Å². The maximum Gasteiger partial charge on any atom is 0.259 e. The number of benzene rings is 1. The standard InChI is InChI=1S/C14H14F6OS/c15-11(16)8-14(19,20)9-13(17,18)6-7-22-12(21)10-4-2-1-3-5-10/h1-5,11H,6-9H2. The van der Waals surface area contributed by atoms with Crippen molar-refractivity contribution in [2.75, 3.05) is 5.75 Å². The lowest BCUT2D eigenvalue weighted by Crippen LogP contribution is -2.31. The van der Waals surface area contributed by atoms with E-state index in [2.05, 4.69) is 0 Å². The van der Waals surface area contributed by atoms with Crippen molar-refractivity contribution in [2.24, 2.45) is 0 Å². The van der Waals surface area contributed by atoms with Crippen LogP contribution in [0.15, 0.2) is 30.3 Å². The van der Waals surface area contributed by atoms with Crippen molar-refractivity contribution in [3.8, 4) is 0 Å². The van der Waals surface area contributed by atoms with Gasteiger partial charge in [0.1, 0.15) is 0 Å². The Morgan fingerprint density at radius 1 is 1.05 bits per heavy atom. The fraction of sp³-hybridized carbons (Fsp3) is 0.500. The Kier molecular flexibility index (Phi) is 6.77. The van der Waals surface area contributed by atoms with Crippen LogP contribution in [0.3, 0.4) is 0 Å². The maximum atomic E-state index is 13.4. The molecule has 0 saturated carbocycles. The van der Waals surface area contributed by atoms with E-state index in [1.165, 1.54) is 12.1 Å². The van der Waals surface area contributed by atoms with Crippen LogP contribution in [0.5, 0.6) is 0 Å². The molecule has 8 heteroatoms.